The molecule has 6 aromatic rings. The number of hydrogen-bond donors (Lipinski definition) is 0. The van der Waals surface area contributed by atoms with Crippen LogP contribution in [-0.2, 0) is 35.5 Å². The van der Waals surface area contributed by atoms with Gasteiger partial charge in [0, 0.05) is 0 Å². The van der Waals surface area contributed by atoms with Gasteiger partial charge in [-0.25, -0.2) is 0 Å². The van der Waals surface area contributed by atoms with Crippen LogP contribution >= 0.6 is 0 Å². The molecule has 0 unspecified atom stereocenters. The van der Waals surface area contributed by atoms with E-state index in [-0.39, 0.29) is 35.6 Å². The van der Waals surface area contributed by atoms with E-state index in [2.05, 4.69) is 171 Å². The van der Waals surface area contributed by atoms with Gasteiger partial charge in [0.2, 0.25) is 0 Å². The first-order valence-electron chi connectivity index (χ1n) is 18.0. The van der Waals surface area contributed by atoms with Crippen molar-refractivity contribution in [2.45, 2.75) is 72.6 Å². The van der Waals surface area contributed by atoms with Crippen LogP contribution in [0.25, 0.3) is 36.0 Å². The fraction of sp³-hybridized carbons (Fsp3) is 0.224. The average molecular weight is 796 g/mol. The molecule has 0 fully saturated rings. The first kappa shape index (κ1) is 38.3. The molecule has 259 valence electrons. The summed E-state index contributed by atoms with van der Waals surface area (Å²) in [4.78, 5) is 0. The average Bonchev–Trinajstić information content (AvgIpc) is 3.70. The molecule has 0 aromatic heterocycles. The largest absolute Gasteiger partial charge is 1.00 e. The summed E-state index contributed by atoms with van der Waals surface area (Å²) in [6.07, 6.45) is 7.92. The zero-order chi connectivity index (χ0) is 35.1. The molecule has 0 aliphatic heterocycles. The topological polar surface area (TPSA) is 0 Å². The van der Waals surface area contributed by atoms with Gasteiger partial charge in [-0.2, -0.15) is 0 Å². The van der Waals surface area contributed by atoms with Crippen LogP contribution in [0.1, 0.15) is 92.5 Å². The van der Waals surface area contributed by atoms with Crippen molar-refractivity contribution in [1.82, 2.24) is 0 Å². The van der Waals surface area contributed by atoms with E-state index in [1.807, 2.05) is 0 Å². The summed E-state index contributed by atoms with van der Waals surface area (Å²) in [7, 11) is 0. The maximum atomic E-state index is 2.56. The summed E-state index contributed by atoms with van der Waals surface area (Å²) in [6, 6.07) is 36.9. The smallest absolute Gasteiger partial charge is 1.00 e. The van der Waals surface area contributed by atoms with Crippen molar-refractivity contribution in [2.24, 2.45) is 0 Å². The predicted octanol–water partition coefficient (Wildman–Crippen LogP) is 5.11. The van der Waals surface area contributed by atoms with Gasteiger partial charge in [-0.3, -0.25) is 0 Å². The van der Waals surface area contributed by atoms with Crippen LogP contribution in [0, 0.1) is 24.3 Å². The van der Waals surface area contributed by atoms with Gasteiger partial charge < -0.3 is 24.8 Å². The van der Waals surface area contributed by atoms with Crippen LogP contribution in [0.5, 0.6) is 0 Å². The fourth-order valence-electron chi connectivity index (χ4n) is 8.83. The van der Waals surface area contributed by atoms with Crippen molar-refractivity contribution in [3.63, 3.8) is 0 Å². The van der Waals surface area contributed by atoms with E-state index in [1.54, 1.807) is 0 Å². The molecule has 8 rings (SSSR count). The number of aryl methyl sites for hydroxylation is 1. The van der Waals surface area contributed by atoms with E-state index < -0.39 is 0 Å². The normalized spacial score (nSPS) is 13.5. The zero-order valence-electron chi connectivity index (χ0n) is 31.4. The van der Waals surface area contributed by atoms with Crippen LogP contribution in [0.15, 0.2) is 115 Å². The number of allylic oxidation sites excluding steroid dienone is 4. The Morgan fingerprint density at radius 1 is 0.615 bits per heavy atom. The zero-order valence-corrected chi connectivity index (χ0v) is 35.4. The van der Waals surface area contributed by atoms with Crippen molar-refractivity contribution in [3.8, 4) is 0 Å². The molecule has 2 aliphatic carbocycles. The van der Waals surface area contributed by atoms with Crippen LogP contribution in [0.2, 0.25) is 0 Å². The van der Waals surface area contributed by atoms with Gasteiger partial charge in [0.25, 0.3) is 0 Å². The van der Waals surface area contributed by atoms with E-state index in [1.165, 1.54) is 126 Å². The minimum absolute atomic E-state index is 0. The molecule has 6 aromatic carbocycles. The third-order valence-corrected chi connectivity index (χ3v) is 12.2. The maximum absolute atomic E-state index is 2.56. The van der Waals surface area contributed by atoms with Crippen LogP contribution < -0.4 is 35.3 Å². The molecule has 0 spiro atoms. The number of rotatable bonds is 3. The predicted molar refractivity (Wildman–Crippen MR) is 210 cm³/mol. The number of hydrogen-bond acceptors (Lipinski definition) is 0. The Bertz CT molecular complexity index is 2630. The molecule has 3 heteroatoms. The van der Waals surface area contributed by atoms with Crippen molar-refractivity contribution in [3.05, 3.63) is 181 Å². The second-order valence-corrected chi connectivity index (χ2v) is 17.6. The van der Waals surface area contributed by atoms with Crippen LogP contribution in [-0.4, -0.2) is 0 Å². The molecule has 0 saturated carbocycles. The second-order valence-electron chi connectivity index (χ2n) is 16.4. The molecule has 2 aliphatic rings. The standard InChI is InChI=1S/C49H45.2ClH.Zr/c1-30-25-39-28-41-43(34-17-11-12-18-34)31(2)47(49(6,7)8)46(45(41)40(39)29-42(30)48(3,4)5)44(37-23-21-32-15-9-13-19-35(32)26-37)38-24-22-33-16-10-14-20-36(33)27-38;;;/h9-17,19-27,29H,18H2,1-8H3;2*1H;/q;;;+2/p-2. The number of fused-ring (bicyclic) bond motifs is 4. The first-order valence-corrected chi connectivity index (χ1v) is 19.2. The number of benzene rings is 6. The molecule has 0 bridgehead atoms. The SMILES string of the molecule is Cc1cc2c(cc1C(C)(C)C)=c1c(c(C3=CC=CC3)c(C)c(C(C)(C)C)c1=C(c1ccc3ccccc3c1)c1ccc3ccccc3c1)[C]=2[Zr+2].[Cl-].[Cl-]. The van der Waals surface area contributed by atoms with Gasteiger partial charge in [0.05, 0.1) is 0 Å². The van der Waals surface area contributed by atoms with E-state index in [4.69, 9.17) is 0 Å². The van der Waals surface area contributed by atoms with Crippen LogP contribution in [0.4, 0.5) is 0 Å². The Labute approximate surface area is 336 Å². The third-order valence-electron chi connectivity index (χ3n) is 10.9. The van der Waals surface area contributed by atoms with Crippen molar-refractivity contribution in [1.29, 1.82) is 0 Å². The van der Waals surface area contributed by atoms with Gasteiger partial charge in [-0.05, 0) is 0 Å². The molecule has 0 radical (unpaired) electrons. The Balaban J connectivity index is 0.00000232. The quantitative estimate of drug-likeness (QED) is 0.234. The molecular weight excluding hydrogens is 751 g/mol. The van der Waals surface area contributed by atoms with Gasteiger partial charge in [-0.15, -0.1) is 0 Å². The monoisotopic (exact) mass is 793 g/mol. The summed E-state index contributed by atoms with van der Waals surface area (Å²) in [5, 5.41) is 10.7. The summed E-state index contributed by atoms with van der Waals surface area (Å²) in [6.45, 7) is 19.1. The summed E-state index contributed by atoms with van der Waals surface area (Å²) in [5.41, 5.74) is 13.8. The van der Waals surface area contributed by atoms with Crippen molar-refractivity contribution < 1.29 is 49.5 Å². The fourth-order valence-corrected chi connectivity index (χ4v) is 9.95. The van der Waals surface area contributed by atoms with Crippen LogP contribution in [0.3, 0.4) is 0 Å². The van der Waals surface area contributed by atoms with Crippen molar-refractivity contribution in [2.75, 3.05) is 0 Å². The minimum Gasteiger partial charge on any atom is -1.00 e. The molecule has 52 heavy (non-hydrogen) atoms. The van der Waals surface area contributed by atoms with Gasteiger partial charge >= 0.3 is 314 Å². The van der Waals surface area contributed by atoms with E-state index >= 15 is 0 Å². The third kappa shape index (κ3) is 6.32. The van der Waals surface area contributed by atoms with E-state index in [0.717, 1.165) is 6.42 Å². The molecular formula is C49H45Cl2Zr. The Morgan fingerprint density at radius 3 is 1.67 bits per heavy atom. The first-order chi connectivity index (χ1) is 23.8. The molecule has 0 amide bonds. The Morgan fingerprint density at radius 2 is 1.17 bits per heavy atom. The Kier molecular flexibility index (Phi) is 10.3. The Hall–Kier alpha value is -3.48. The molecule has 0 nitrogen and oxygen atoms in total. The van der Waals surface area contributed by atoms with Gasteiger partial charge in [0.15, 0.2) is 0 Å². The van der Waals surface area contributed by atoms with E-state index in [9.17, 15) is 0 Å². The maximum Gasteiger partial charge on any atom is -1.00 e. The molecule has 0 saturated heterocycles. The molecule has 0 N–H and O–H groups in total. The van der Waals surface area contributed by atoms with Crippen molar-refractivity contribution >= 4 is 36.0 Å². The number of halogens is 2. The molecule has 0 heterocycles. The minimum atomic E-state index is -0.115. The van der Waals surface area contributed by atoms with Gasteiger partial charge in [-0.1, -0.05) is 0 Å². The van der Waals surface area contributed by atoms with Gasteiger partial charge in [0.1, 0.15) is 0 Å². The van der Waals surface area contributed by atoms with E-state index in [0.29, 0.717) is 0 Å². The summed E-state index contributed by atoms with van der Waals surface area (Å²) >= 11 is 1.46. The summed E-state index contributed by atoms with van der Waals surface area (Å²) in [5.74, 6) is 0. The second kappa shape index (κ2) is 14.1. The summed E-state index contributed by atoms with van der Waals surface area (Å²) < 4.78 is 1.48. The molecule has 0 atom stereocenters.